The van der Waals surface area contributed by atoms with Gasteiger partial charge in [0.05, 0.1) is 23.6 Å². The third kappa shape index (κ3) is 2.93. The number of aryl methyl sites for hydroxylation is 1. The lowest BCUT2D eigenvalue weighted by Gasteiger charge is -2.37. The van der Waals surface area contributed by atoms with Crippen LogP contribution in [-0.2, 0) is 16.9 Å². The maximum Gasteiger partial charge on any atom is 0.264 e. The number of ether oxygens (including phenoxy) is 1. The second-order valence-corrected chi connectivity index (χ2v) is 8.17. The number of nitrogens with zero attached hydrogens (tertiary/aromatic N) is 1. The molecule has 1 fully saturated rings. The fourth-order valence-corrected chi connectivity index (χ4v) is 5.31. The number of hydrogen-bond acceptors (Lipinski definition) is 4. The summed E-state index contributed by atoms with van der Waals surface area (Å²) in [6.45, 7) is 3.37. The Kier molecular flexibility index (Phi) is 4.75. The van der Waals surface area contributed by atoms with Crippen molar-refractivity contribution >= 4 is 44.9 Å². The van der Waals surface area contributed by atoms with Gasteiger partial charge in [-0.2, -0.15) is 11.8 Å². The van der Waals surface area contributed by atoms with Gasteiger partial charge >= 0.3 is 0 Å². The zero-order valence-corrected chi connectivity index (χ0v) is 14.7. The van der Waals surface area contributed by atoms with Gasteiger partial charge in [0.1, 0.15) is 0 Å². The van der Waals surface area contributed by atoms with Gasteiger partial charge < -0.3 is 9.64 Å². The van der Waals surface area contributed by atoms with Crippen LogP contribution in [0.25, 0.3) is 0 Å². The summed E-state index contributed by atoms with van der Waals surface area (Å²) in [5, 5.41) is 0.779. The molecule has 1 aromatic heterocycles. The molecule has 0 bridgehead atoms. The van der Waals surface area contributed by atoms with Crippen molar-refractivity contribution in [2.75, 3.05) is 24.2 Å². The van der Waals surface area contributed by atoms with Gasteiger partial charge in [-0.25, -0.2) is 0 Å². The number of carbonyl (C=O) groups excluding carboxylic acids is 1. The lowest BCUT2D eigenvalue weighted by molar-refractivity contribution is -0.0359. The molecule has 110 valence electrons. The van der Waals surface area contributed by atoms with Crippen LogP contribution in [0.5, 0.6) is 0 Å². The molecule has 3 heterocycles. The monoisotopic (exact) mass is 375 g/mol. The molecule has 2 aliphatic rings. The van der Waals surface area contributed by atoms with Crippen molar-refractivity contribution in [3.8, 4) is 0 Å². The summed E-state index contributed by atoms with van der Waals surface area (Å²) in [7, 11) is 0. The Morgan fingerprint density at radius 2 is 2.45 bits per heavy atom. The summed E-state index contributed by atoms with van der Waals surface area (Å²) in [6.07, 6.45) is 1.22. The molecule has 2 atom stereocenters. The first-order valence-corrected chi connectivity index (χ1v) is 9.96. The van der Waals surface area contributed by atoms with Gasteiger partial charge in [0.15, 0.2) is 0 Å². The maximum atomic E-state index is 12.7. The Hall–Kier alpha value is -0.0400. The van der Waals surface area contributed by atoms with Gasteiger partial charge in [-0.1, -0.05) is 15.9 Å². The molecule has 2 aliphatic heterocycles. The van der Waals surface area contributed by atoms with Crippen molar-refractivity contribution in [2.45, 2.75) is 31.2 Å². The SMILES string of the molecule is CC1COC(CBr)CN1C(=O)c1cc2c(s1)CCSC2. The fraction of sp³-hybridized carbons (Fsp3) is 0.643. The maximum absolute atomic E-state index is 12.7. The van der Waals surface area contributed by atoms with E-state index in [4.69, 9.17) is 4.74 Å². The average molecular weight is 376 g/mol. The summed E-state index contributed by atoms with van der Waals surface area (Å²) < 4.78 is 5.70. The number of thioether (sulfide) groups is 1. The van der Waals surface area contributed by atoms with Crippen LogP contribution in [0.2, 0.25) is 0 Å². The molecule has 0 N–H and O–H groups in total. The minimum Gasteiger partial charge on any atom is -0.373 e. The fourth-order valence-electron chi connectivity index (χ4n) is 2.59. The highest BCUT2D eigenvalue weighted by molar-refractivity contribution is 9.09. The predicted molar refractivity (Wildman–Crippen MR) is 88.2 cm³/mol. The Morgan fingerprint density at radius 1 is 1.60 bits per heavy atom. The Morgan fingerprint density at radius 3 is 3.20 bits per heavy atom. The number of hydrogen-bond donors (Lipinski definition) is 0. The van der Waals surface area contributed by atoms with Gasteiger partial charge in [-0.3, -0.25) is 4.79 Å². The van der Waals surface area contributed by atoms with Gasteiger partial charge in [-0.15, -0.1) is 11.3 Å². The summed E-state index contributed by atoms with van der Waals surface area (Å²) in [6, 6.07) is 2.27. The van der Waals surface area contributed by atoms with E-state index in [1.165, 1.54) is 16.2 Å². The lowest BCUT2D eigenvalue weighted by atomic mass is 10.2. The van der Waals surface area contributed by atoms with Gasteiger partial charge in [0, 0.05) is 22.5 Å². The van der Waals surface area contributed by atoms with Crippen LogP contribution in [0.3, 0.4) is 0 Å². The van der Waals surface area contributed by atoms with E-state index in [2.05, 4.69) is 28.9 Å². The van der Waals surface area contributed by atoms with E-state index >= 15 is 0 Å². The molecule has 6 heteroatoms. The first-order chi connectivity index (χ1) is 9.69. The number of amides is 1. The van der Waals surface area contributed by atoms with Crippen LogP contribution >= 0.6 is 39.0 Å². The summed E-state index contributed by atoms with van der Waals surface area (Å²) in [5.74, 6) is 2.42. The van der Waals surface area contributed by atoms with Gasteiger partial charge in [-0.05, 0) is 30.7 Å². The van der Waals surface area contributed by atoms with E-state index in [0.717, 1.165) is 22.4 Å². The average Bonchev–Trinajstić information content (AvgIpc) is 2.91. The molecule has 1 aromatic rings. The van der Waals surface area contributed by atoms with Crippen molar-refractivity contribution in [2.24, 2.45) is 0 Å². The quantitative estimate of drug-likeness (QED) is 0.743. The van der Waals surface area contributed by atoms with Crippen LogP contribution in [0, 0.1) is 0 Å². The first kappa shape index (κ1) is 14.9. The van der Waals surface area contributed by atoms with Gasteiger partial charge in [0.25, 0.3) is 5.91 Å². The molecule has 0 aliphatic carbocycles. The molecular weight excluding hydrogens is 358 g/mol. The minimum atomic E-state index is 0.111. The Labute approximate surface area is 136 Å². The van der Waals surface area contributed by atoms with Crippen molar-refractivity contribution in [3.05, 3.63) is 21.4 Å². The van der Waals surface area contributed by atoms with Crippen LogP contribution in [0.4, 0.5) is 0 Å². The smallest absolute Gasteiger partial charge is 0.264 e. The summed E-state index contributed by atoms with van der Waals surface area (Å²) in [5.41, 5.74) is 1.37. The largest absolute Gasteiger partial charge is 0.373 e. The predicted octanol–water partition coefficient (Wildman–Crippen LogP) is 3.16. The van der Waals surface area contributed by atoms with Crippen LogP contribution in [0.1, 0.15) is 27.0 Å². The van der Waals surface area contributed by atoms with Crippen molar-refractivity contribution in [1.82, 2.24) is 4.90 Å². The zero-order valence-electron chi connectivity index (χ0n) is 11.4. The van der Waals surface area contributed by atoms with Crippen LogP contribution in [0.15, 0.2) is 6.07 Å². The number of rotatable bonds is 2. The topological polar surface area (TPSA) is 29.5 Å². The van der Waals surface area contributed by atoms with E-state index in [1.807, 2.05) is 16.7 Å². The molecule has 3 nitrogen and oxygen atoms in total. The van der Waals surface area contributed by atoms with E-state index < -0.39 is 0 Å². The Balaban J connectivity index is 1.78. The highest BCUT2D eigenvalue weighted by atomic mass is 79.9. The van der Waals surface area contributed by atoms with Crippen molar-refractivity contribution in [3.63, 3.8) is 0 Å². The van der Waals surface area contributed by atoms with Gasteiger partial charge in [0.2, 0.25) is 0 Å². The number of thiophene rings is 1. The van der Waals surface area contributed by atoms with Crippen LogP contribution < -0.4 is 0 Å². The van der Waals surface area contributed by atoms with E-state index in [9.17, 15) is 4.79 Å². The standard InChI is InChI=1S/C14H18BrNO2S2/c1-9-7-18-11(5-15)6-16(9)14(17)13-4-10-8-19-3-2-12(10)20-13/h4,9,11H,2-3,5-8H2,1H3. The summed E-state index contributed by atoms with van der Waals surface area (Å²) in [4.78, 5) is 17.0. The molecule has 20 heavy (non-hydrogen) atoms. The Bertz CT molecular complexity index is 482. The molecular formula is C14H18BrNO2S2. The minimum absolute atomic E-state index is 0.111. The van der Waals surface area contributed by atoms with Crippen LogP contribution in [-0.4, -0.2) is 47.2 Å². The van der Waals surface area contributed by atoms with E-state index in [1.54, 1.807) is 11.3 Å². The van der Waals surface area contributed by atoms with E-state index in [0.29, 0.717) is 13.2 Å². The molecule has 2 unspecified atom stereocenters. The van der Waals surface area contributed by atoms with Crippen molar-refractivity contribution in [1.29, 1.82) is 0 Å². The first-order valence-electron chi connectivity index (χ1n) is 6.87. The lowest BCUT2D eigenvalue weighted by Crippen LogP contribution is -2.51. The highest BCUT2D eigenvalue weighted by Crippen LogP contribution is 2.32. The number of carbonyl (C=O) groups is 1. The third-order valence-corrected chi connectivity index (χ3v) is 6.73. The normalized spacial score (nSPS) is 26.4. The molecule has 3 rings (SSSR count). The molecule has 0 saturated carbocycles. The highest BCUT2D eigenvalue weighted by Gasteiger charge is 2.31. The molecule has 0 aromatic carbocycles. The molecule has 1 saturated heterocycles. The second-order valence-electron chi connectivity index (χ2n) is 5.28. The third-order valence-electron chi connectivity index (χ3n) is 3.78. The zero-order chi connectivity index (χ0) is 14.1. The number of halogens is 1. The number of fused-ring (bicyclic) bond motifs is 1. The summed E-state index contributed by atoms with van der Waals surface area (Å²) >= 11 is 7.10. The molecule has 0 spiro atoms. The van der Waals surface area contributed by atoms with E-state index in [-0.39, 0.29) is 18.1 Å². The number of morpholine rings is 1. The van der Waals surface area contributed by atoms with Crippen molar-refractivity contribution < 1.29 is 9.53 Å². The molecule has 1 amide bonds. The molecule has 0 radical (unpaired) electrons. The second kappa shape index (κ2) is 6.38. The number of alkyl halides is 1.